The second kappa shape index (κ2) is 74.3. The fourth-order valence-corrected chi connectivity index (χ4v) is 13.1. The quantitative estimate of drug-likeness (QED) is 0.0169. The van der Waals surface area contributed by atoms with Gasteiger partial charge in [0, 0.05) is 25.7 Å². The Balaban J connectivity index is 5.34. The zero-order valence-electron chi connectivity index (χ0n) is 64.1. The van der Waals surface area contributed by atoms with Gasteiger partial charge < -0.3 is 33.8 Å². The highest BCUT2D eigenvalue weighted by molar-refractivity contribution is 7.47. The predicted octanol–water partition coefficient (Wildman–Crippen LogP) is 23.7. The van der Waals surface area contributed by atoms with E-state index in [1.54, 1.807) is 0 Å². The first-order valence-corrected chi connectivity index (χ1v) is 43.9. The zero-order valence-corrected chi connectivity index (χ0v) is 65.9. The molecule has 0 bridgehead atoms. The van der Waals surface area contributed by atoms with Crippen molar-refractivity contribution in [2.24, 2.45) is 0 Å². The summed E-state index contributed by atoms with van der Waals surface area (Å²) in [7, 11) is -9.94. The van der Waals surface area contributed by atoms with Crippen molar-refractivity contribution >= 4 is 39.5 Å². The lowest BCUT2D eigenvalue weighted by Crippen LogP contribution is -2.30. The summed E-state index contributed by atoms with van der Waals surface area (Å²) >= 11 is 0. The lowest BCUT2D eigenvalue weighted by atomic mass is 10.0. The molecule has 0 rings (SSSR count). The summed E-state index contributed by atoms with van der Waals surface area (Å²) in [5.74, 6) is -2.17. The van der Waals surface area contributed by atoms with Crippen molar-refractivity contribution in [3.05, 3.63) is 48.6 Å². The summed E-state index contributed by atoms with van der Waals surface area (Å²) in [6.07, 6.45) is 72.2. The molecule has 586 valence electrons. The molecular weight excluding hydrogens is 1310 g/mol. The molecule has 0 radical (unpaired) electrons. The van der Waals surface area contributed by atoms with Crippen molar-refractivity contribution in [2.45, 2.75) is 406 Å². The number of phosphoric acid groups is 2. The van der Waals surface area contributed by atoms with Crippen molar-refractivity contribution in [3.8, 4) is 0 Å². The molecule has 5 atom stereocenters. The summed E-state index contributed by atoms with van der Waals surface area (Å²) in [4.78, 5) is 73.0. The van der Waals surface area contributed by atoms with E-state index in [0.29, 0.717) is 25.7 Å². The van der Waals surface area contributed by atoms with Crippen LogP contribution in [0.1, 0.15) is 387 Å². The number of aliphatic hydroxyl groups is 1. The van der Waals surface area contributed by atoms with Crippen LogP contribution in [0.25, 0.3) is 0 Å². The highest BCUT2D eigenvalue weighted by atomic mass is 31.2. The number of allylic oxidation sites excluding steroid dienone is 8. The van der Waals surface area contributed by atoms with Gasteiger partial charge in [0.25, 0.3) is 0 Å². The van der Waals surface area contributed by atoms with Crippen LogP contribution in [0.5, 0.6) is 0 Å². The van der Waals surface area contributed by atoms with E-state index in [2.05, 4.69) is 76.3 Å². The largest absolute Gasteiger partial charge is 0.472 e. The molecule has 0 aromatic heterocycles. The van der Waals surface area contributed by atoms with Gasteiger partial charge in [0.05, 0.1) is 26.4 Å². The van der Waals surface area contributed by atoms with Crippen molar-refractivity contribution in [2.75, 3.05) is 39.6 Å². The predicted molar refractivity (Wildman–Crippen MR) is 409 cm³/mol. The third-order valence-electron chi connectivity index (χ3n) is 17.8. The van der Waals surface area contributed by atoms with E-state index in [1.165, 1.54) is 161 Å². The maximum absolute atomic E-state index is 13.1. The Morgan fingerprint density at radius 3 is 0.770 bits per heavy atom. The number of carbonyl (C=O) groups excluding carboxylic acids is 4. The van der Waals surface area contributed by atoms with Crippen LogP contribution in [0, 0.1) is 0 Å². The molecule has 0 aliphatic heterocycles. The van der Waals surface area contributed by atoms with Crippen molar-refractivity contribution in [1.82, 2.24) is 0 Å². The number of unbranched alkanes of at least 4 members (excludes halogenated alkanes) is 44. The Morgan fingerprint density at radius 1 is 0.280 bits per heavy atom. The van der Waals surface area contributed by atoms with Gasteiger partial charge in [-0.3, -0.25) is 37.3 Å². The third kappa shape index (κ3) is 73.3. The lowest BCUT2D eigenvalue weighted by molar-refractivity contribution is -0.161. The minimum Gasteiger partial charge on any atom is -0.462 e. The van der Waals surface area contributed by atoms with Crippen molar-refractivity contribution in [3.63, 3.8) is 0 Å². The molecule has 0 aromatic rings. The number of esters is 4. The van der Waals surface area contributed by atoms with Gasteiger partial charge in [-0.25, -0.2) is 9.13 Å². The molecule has 0 aromatic carbocycles. The first-order chi connectivity index (χ1) is 48.7. The number of hydrogen-bond donors (Lipinski definition) is 3. The normalized spacial score (nSPS) is 14.1. The minimum atomic E-state index is -4.97. The minimum absolute atomic E-state index is 0.0888. The number of carbonyl (C=O) groups is 4. The Kier molecular flexibility index (Phi) is 72.1. The summed E-state index contributed by atoms with van der Waals surface area (Å²) in [6, 6.07) is 0. The molecule has 17 nitrogen and oxygen atoms in total. The van der Waals surface area contributed by atoms with Gasteiger partial charge in [-0.2, -0.15) is 0 Å². The lowest BCUT2D eigenvalue weighted by Gasteiger charge is -2.21. The van der Waals surface area contributed by atoms with Gasteiger partial charge >= 0.3 is 39.5 Å². The van der Waals surface area contributed by atoms with Crippen LogP contribution in [0.3, 0.4) is 0 Å². The summed E-state index contributed by atoms with van der Waals surface area (Å²) in [5, 5.41) is 10.6. The van der Waals surface area contributed by atoms with Gasteiger partial charge in [-0.15, -0.1) is 0 Å². The summed E-state index contributed by atoms with van der Waals surface area (Å²) in [6.45, 7) is 4.90. The Labute approximate surface area is 610 Å². The molecule has 0 aliphatic carbocycles. The van der Waals surface area contributed by atoms with Gasteiger partial charge in [0.1, 0.15) is 19.3 Å². The monoisotopic (exact) mass is 1460 g/mol. The van der Waals surface area contributed by atoms with E-state index in [1.807, 2.05) is 0 Å². The molecule has 3 N–H and O–H groups in total. The zero-order chi connectivity index (χ0) is 73.2. The van der Waals surface area contributed by atoms with Crippen LogP contribution in [-0.4, -0.2) is 96.7 Å². The molecule has 0 amide bonds. The van der Waals surface area contributed by atoms with Crippen LogP contribution in [0.2, 0.25) is 0 Å². The van der Waals surface area contributed by atoms with Gasteiger partial charge in [0.2, 0.25) is 0 Å². The fourth-order valence-electron chi connectivity index (χ4n) is 11.5. The van der Waals surface area contributed by atoms with E-state index in [4.69, 9.17) is 37.0 Å². The van der Waals surface area contributed by atoms with Crippen LogP contribution >= 0.6 is 15.6 Å². The second-order valence-electron chi connectivity index (χ2n) is 27.7. The standard InChI is InChI=1S/C81H150O17P2/c1-5-9-13-17-21-25-29-33-37-41-45-49-53-57-61-65-78(83)91-71-76(97-80(85)67-63-59-55-51-47-43-39-35-31-27-23-19-15-11-7-3)73-95-99(87,88)93-69-75(82)70-94-100(89,90)96-74-77(98-81(86)68-64-60-56-52-48-44-40-36-32-28-24-20-16-12-8-4)72-92-79(84)66-62-58-54-50-46-42-38-34-30-26-22-18-14-10-6-2/h21,25,33-34,36-38,40,75-77,82H,5-20,22-24,26-32,35,39,41-74H2,1-4H3,(H,87,88)(H,89,90)/b25-21-,37-33-,38-34-,40-36-. The van der Waals surface area contributed by atoms with Gasteiger partial charge in [-0.05, 0) is 109 Å². The molecule has 100 heavy (non-hydrogen) atoms. The number of ether oxygens (including phenoxy) is 4. The average molecular weight is 1460 g/mol. The first-order valence-electron chi connectivity index (χ1n) is 40.9. The molecule has 0 saturated carbocycles. The maximum atomic E-state index is 13.1. The van der Waals surface area contributed by atoms with Gasteiger partial charge in [-0.1, -0.05) is 301 Å². The van der Waals surface area contributed by atoms with E-state index < -0.39 is 97.5 Å². The number of aliphatic hydroxyl groups excluding tert-OH is 1. The van der Waals surface area contributed by atoms with Gasteiger partial charge in [0.15, 0.2) is 12.2 Å². The molecule has 0 aliphatic rings. The van der Waals surface area contributed by atoms with Crippen molar-refractivity contribution < 1.29 is 80.2 Å². The Morgan fingerprint density at radius 2 is 0.490 bits per heavy atom. The second-order valence-corrected chi connectivity index (χ2v) is 30.6. The van der Waals surface area contributed by atoms with Crippen LogP contribution in [-0.2, 0) is 65.4 Å². The smallest absolute Gasteiger partial charge is 0.462 e. The molecule has 0 spiro atoms. The molecular formula is C81H150O17P2. The molecule has 0 heterocycles. The number of phosphoric ester groups is 2. The van der Waals surface area contributed by atoms with E-state index >= 15 is 0 Å². The van der Waals surface area contributed by atoms with Crippen LogP contribution in [0.15, 0.2) is 48.6 Å². The summed E-state index contributed by atoms with van der Waals surface area (Å²) < 4.78 is 68.7. The molecule has 19 heteroatoms. The number of hydrogen-bond acceptors (Lipinski definition) is 15. The summed E-state index contributed by atoms with van der Waals surface area (Å²) in [5.41, 5.74) is 0. The Bertz CT molecular complexity index is 2080. The molecule has 0 fully saturated rings. The highest BCUT2D eigenvalue weighted by Gasteiger charge is 2.30. The van der Waals surface area contributed by atoms with Crippen molar-refractivity contribution in [1.29, 1.82) is 0 Å². The SMILES string of the molecule is CCCCC/C=C\C/C=C\CCCCCCCC(=O)OCC(COP(=O)(O)OCC(O)COP(=O)(O)OCC(COC(=O)CCCCCCC/C=C\CCCCCCCC)OC(=O)CCCCCCC/C=C\CCCCCCCC)OC(=O)CCCCCCCCCCCCCCCCC. The number of rotatable bonds is 78. The van der Waals surface area contributed by atoms with E-state index in [-0.39, 0.29) is 25.7 Å². The fraction of sp³-hybridized carbons (Fsp3) is 0.852. The maximum Gasteiger partial charge on any atom is 0.472 e. The van der Waals surface area contributed by atoms with Crippen LogP contribution in [0.4, 0.5) is 0 Å². The topological polar surface area (TPSA) is 237 Å². The van der Waals surface area contributed by atoms with E-state index in [0.717, 1.165) is 148 Å². The first kappa shape index (κ1) is 97.0. The average Bonchev–Trinajstić information content (AvgIpc) is 1.01. The molecule has 5 unspecified atom stereocenters. The Hall–Kier alpha value is -2.98. The highest BCUT2D eigenvalue weighted by Crippen LogP contribution is 2.45. The van der Waals surface area contributed by atoms with Crippen LogP contribution < -0.4 is 0 Å². The van der Waals surface area contributed by atoms with E-state index in [9.17, 15) is 43.2 Å². The third-order valence-corrected chi connectivity index (χ3v) is 19.7. The molecule has 0 saturated heterocycles.